The molecule has 0 aliphatic heterocycles. The van der Waals surface area contributed by atoms with Crippen LogP contribution in [0.4, 0.5) is 5.69 Å². The molecule has 0 atom stereocenters. The van der Waals surface area contributed by atoms with Crippen LogP contribution in [0.2, 0.25) is 5.02 Å². The van der Waals surface area contributed by atoms with E-state index in [1.54, 1.807) is 0 Å². The fourth-order valence-corrected chi connectivity index (χ4v) is 2.71. The molecule has 0 bridgehead atoms. The maximum absolute atomic E-state index is 6.03. The molecule has 3 rings (SSSR count). The van der Waals surface area contributed by atoms with Gasteiger partial charge in [-0.2, -0.15) is 0 Å². The van der Waals surface area contributed by atoms with Crippen LogP contribution in [-0.2, 0) is 0 Å². The van der Waals surface area contributed by atoms with Gasteiger partial charge < -0.3 is 10.7 Å². The number of fused-ring (bicyclic) bond motifs is 1. The molecule has 1 heterocycles. The Morgan fingerprint density at radius 1 is 1.17 bits per heavy atom. The number of nitrogen functional groups attached to an aromatic ring is 1. The van der Waals surface area contributed by atoms with E-state index in [-0.39, 0.29) is 0 Å². The van der Waals surface area contributed by atoms with Crippen molar-refractivity contribution in [3.63, 3.8) is 0 Å². The molecular weight excluding hydrogens is 314 g/mol. The van der Waals surface area contributed by atoms with Crippen molar-refractivity contribution in [2.45, 2.75) is 0 Å². The standard InChI is InChI=1S/C13H9BrClN3/c14-8-3-7(4-9(15)5-8)13-17-11-2-1-10(16)6-12(11)18-13/h1-6H,16H2,(H,17,18). The van der Waals surface area contributed by atoms with E-state index in [0.29, 0.717) is 10.7 Å². The molecular formula is C13H9BrClN3. The van der Waals surface area contributed by atoms with Crippen molar-refractivity contribution in [3.8, 4) is 11.4 Å². The summed E-state index contributed by atoms with van der Waals surface area (Å²) in [7, 11) is 0. The molecule has 0 unspecified atom stereocenters. The lowest BCUT2D eigenvalue weighted by molar-refractivity contribution is 1.33. The molecule has 0 saturated heterocycles. The van der Waals surface area contributed by atoms with Crippen LogP contribution in [-0.4, -0.2) is 9.97 Å². The number of hydrogen-bond acceptors (Lipinski definition) is 2. The second-order valence-corrected chi connectivity index (χ2v) is 5.37. The van der Waals surface area contributed by atoms with Gasteiger partial charge in [-0.25, -0.2) is 4.98 Å². The SMILES string of the molecule is Nc1ccc2nc(-c3cc(Cl)cc(Br)c3)[nH]c2c1. The minimum absolute atomic E-state index is 0.666. The second kappa shape index (κ2) is 4.30. The maximum Gasteiger partial charge on any atom is 0.138 e. The maximum atomic E-state index is 6.03. The number of rotatable bonds is 1. The minimum atomic E-state index is 0.666. The average Bonchev–Trinajstić information content (AvgIpc) is 2.70. The van der Waals surface area contributed by atoms with Crippen LogP contribution in [0.15, 0.2) is 40.9 Å². The van der Waals surface area contributed by atoms with E-state index < -0.39 is 0 Å². The van der Waals surface area contributed by atoms with E-state index >= 15 is 0 Å². The quantitative estimate of drug-likeness (QED) is 0.659. The Morgan fingerprint density at radius 3 is 2.78 bits per heavy atom. The van der Waals surface area contributed by atoms with Crippen LogP contribution in [0.3, 0.4) is 0 Å². The zero-order chi connectivity index (χ0) is 12.7. The van der Waals surface area contributed by atoms with Gasteiger partial charge in [-0.05, 0) is 36.4 Å². The summed E-state index contributed by atoms with van der Waals surface area (Å²) >= 11 is 9.45. The van der Waals surface area contributed by atoms with Crippen LogP contribution in [0.1, 0.15) is 0 Å². The molecule has 0 fully saturated rings. The first-order valence-electron chi connectivity index (χ1n) is 5.33. The van der Waals surface area contributed by atoms with Gasteiger partial charge in [0.2, 0.25) is 0 Å². The zero-order valence-electron chi connectivity index (χ0n) is 9.24. The topological polar surface area (TPSA) is 54.7 Å². The predicted molar refractivity (Wildman–Crippen MR) is 78.7 cm³/mol. The molecule has 0 amide bonds. The summed E-state index contributed by atoms with van der Waals surface area (Å²) in [5.74, 6) is 0.777. The van der Waals surface area contributed by atoms with E-state index in [1.807, 2.05) is 36.4 Å². The van der Waals surface area contributed by atoms with Gasteiger partial charge in [-0.15, -0.1) is 0 Å². The number of H-pyrrole nitrogens is 1. The van der Waals surface area contributed by atoms with Gasteiger partial charge in [0.05, 0.1) is 11.0 Å². The van der Waals surface area contributed by atoms with Gasteiger partial charge >= 0.3 is 0 Å². The fourth-order valence-electron chi connectivity index (χ4n) is 1.85. The second-order valence-electron chi connectivity index (χ2n) is 4.02. The van der Waals surface area contributed by atoms with Crippen LogP contribution >= 0.6 is 27.5 Å². The molecule has 3 nitrogen and oxygen atoms in total. The lowest BCUT2D eigenvalue weighted by Gasteiger charge is -1.99. The molecule has 5 heteroatoms. The number of hydrogen-bond donors (Lipinski definition) is 2. The van der Waals surface area contributed by atoms with Crippen LogP contribution in [0.5, 0.6) is 0 Å². The molecule has 3 N–H and O–H groups in total. The number of nitrogens with two attached hydrogens (primary N) is 1. The molecule has 3 aromatic rings. The fraction of sp³-hybridized carbons (Fsp3) is 0. The Labute approximate surface area is 117 Å². The summed E-state index contributed by atoms with van der Waals surface area (Å²) < 4.78 is 0.921. The average molecular weight is 323 g/mol. The molecule has 90 valence electrons. The summed E-state index contributed by atoms with van der Waals surface area (Å²) in [5.41, 5.74) is 9.19. The molecule has 0 saturated carbocycles. The first-order chi connectivity index (χ1) is 8.61. The van der Waals surface area contributed by atoms with Crippen LogP contribution < -0.4 is 5.73 Å². The molecule has 18 heavy (non-hydrogen) atoms. The molecule has 0 spiro atoms. The molecule has 0 aliphatic rings. The van der Waals surface area contributed by atoms with Gasteiger partial charge in [0.15, 0.2) is 0 Å². The number of halogens is 2. The smallest absolute Gasteiger partial charge is 0.138 e. The van der Waals surface area contributed by atoms with Crippen molar-refractivity contribution in [1.82, 2.24) is 9.97 Å². The molecule has 2 aromatic carbocycles. The van der Waals surface area contributed by atoms with Gasteiger partial charge in [0, 0.05) is 20.7 Å². The molecule has 0 radical (unpaired) electrons. The van der Waals surface area contributed by atoms with Gasteiger partial charge in [0.25, 0.3) is 0 Å². The monoisotopic (exact) mass is 321 g/mol. The van der Waals surface area contributed by atoms with E-state index in [1.165, 1.54) is 0 Å². The number of imidazole rings is 1. The first kappa shape index (κ1) is 11.6. The lowest BCUT2D eigenvalue weighted by Crippen LogP contribution is -1.82. The number of aromatic nitrogens is 2. The summed E-state index contributed by atoms with van der Waals surface area (Å²) in [6, 6.07) is 11.3. The Hall–Kier alpha value is -1.52. The zero-order valence-corrected chi connectivity index (χ0v) is 11.6. The first-order valence-corrected chi connectivity index (χ1v) is 6.50. The van der Waals surface area contributed by atoms with Crippen molar-refractivity contribution in [1.29, 1.82) is 0 Å². The highest BCUT2D eigenvalue weighted by Crippen LogP contribution is 2.27. The summed E-state index contributed by atoms with van der Waals surface area (Å²) in [6.45, 7) is 0. The van der Waals surface area contributed by atoms with Crippen molar-refractivity contribution in [2.75, 3.05) is 5.73 Å². The molecule has 1 aromatic heterocycles. The minimum Gasteiger partial charge on any atom is -0.399 e. The number of nitrogens with zero attached hydrogens (tertiary/aromatic N) is 1. The summed E-state index contributed by atoms with van der Waals surface area (Å²) in [5, 5.41) is 0.666. The Morgan fingerprint density at radius 2 is 2.00 bits per heavy atom. The van der Waals surface area contributed by atoms with Crippen molar-refractivity contribution in [3.05, 3.63) is 45.9 Å². The van der Waals surface area contributed by atoms with Crippen LogP contribution in [0.25, 0.3) is 22.4 Å². The highest BCUT2D eigenvalue weighted by Gasteiger charge is 2.07. The third kappa shape index (κ3) is 2.09. The van der Waals surface area contributed by atoms with E-state index in [2.05, 4.69) is 25.9 Å². The lowest BCUT2D eigenvalue weighted by atomic mass is 10.2. The Kier molecular flexibility index (Phi) is 2.76. The van der Waals surface area contributed by atoms with Crippen molar-refractivity contribution >= 4 is 44.3 Å². The summed E-state index contributed by atoms with van der Waals surface area (Å²) in [6.07, 6.45) is 0. The normalized spacial score (nSPS) is 11.0. The number of nitrogens with one attached hydrogen (secondary N) is 1. The Balaban J connectivity index is 2.19. The number of aromatic amines is 1. The molecule has 0 aliphatic carbocycles. The largest absolute Gasteiger partial charge is 0.399 e. The van der Waals surface area contributed by atoms with Crippen molar-refractivity contribution < 1.29 is 0 Å². The Bertz CT molecular complexity index is 716. The highest BCUT2D eigenvalue weighted by molar-refractivity contribution is 9.10. The highest BCUT2D eigenvalue weighted by atomic mass is 79.9. The third-order valence-electron chi connectivity index (χ3n) is 2.64. The van der Waals surface area contributed by atoms with Gasteiger partial charge in [-0.1, -0.05) is 27.5 Å². The van der Waals surface area contributed by atoms with E-state index in [9.17, 15) is 0 Å². The number of anilines is 1. The van der Waals surface area contributed by atoms with Crippen LogP contribution in [0, 0.1) is 0 Å². The van der Waals surface area contributed by atoms with Gasteiger partial charge in [-0.3, -0.25) is 0 Å². The predicted octanol–water partition coefficient (Wildman–Crippen LogP) is 4.23. The summed E-state index contributed by atoms with van der Waals surface area (Å²) in [4.78, 5) is 7.75. The van der Waals surface area contributed by atoms with E-state index in [0.717, 1.165) is 26.9 Å². The van der Waals surface area contributed by atoms with Crippen molar-refractivity contribution in [2.24, 2.45) is 0 Å². The number of benzene rings is 2. The third-order valence-corrected chi connectivity index (χ3v) is 3.32. The van der Waals surface area contributed by atoms with Gasteiger partial charge in [0.1, 0.15) is 5.82 Å². The van der Waals surface area contributed by atoms with E-state index in [4.69, 9.17) is 17.3 Å².